The number of hydrogen-bond donors (Lipinski definition) is 2. The Bertz CT molecular complexity index is 294. The van der Waals surface area contributed by atoms with E-state index in [4.69, 9.17) is 10.3 Å². The van der Waals surface area contributed by atoms with Gasteiger partial charge in [-0.2, -0.15) is 4.98 Å². The highest BCUT2D eigenvalue weighted by atomic mass is 16.5. The second-order valence-corrected chi connectivity index (χ2v) is 3.45. The largest absolute Gasteiger partial charge is 0.365 e. The number of nitrogens with one attached hydrogen (secondary N) is 1. The fourth-order valence-corrected chi connectivity index (χ4v) is 1.64. The third-order valence-corrected chi connectivity index (χ3v) is 2.51. The molecular weight excluding hydrogens is 182 g/mol. The monoisotopic (exact) mass is 197 g/mol. The summed E-state index contributed by atoms with van der Waals surface area (Å²) in [5, 5.41) is 6.88. The Morgan fingerprint density at radius 1 is 1.50 bits per heavy atom. The highest BCUT2D eigenvalue weighted by molar-refractivity contribution is 5.11. The van der Waals surface area contributed by atoms with Crippen LogP contribution in [-0.2, 0) is 0 Å². The Kier molecular flexibility index (Phi) is 2.64. The van der Waals surface area contributed by atoms with Crippen molar-refractivity contribution >= 4 is 5.95 Å². The number of hydrogen-bond acceptors (Lipinski definition) is 6. The van der Waals surface area contributed by atoms with E-state index in [2.05, 4.69) is 27.3 Å². The van der Waals surface area contributed by atoms with Gasteiger partial charge in [-0.3, -0.25) is 4.90 Å². The molecule has 1 unspecified atom stereocenters. The van der Waals surface area contributed by atoms with Crippen LogP contribution in [0, 0.1) is 0 Å². The zero-order valence-electron chi connectivity index (χ0n) is 8.23. The molecule has 1 aromatic heterocycles. The number of rotatable bonds is 2. The average Bonchev–Trinajstić information content (AvgIpc) is 2.65. The Hall–Kier alpha value is -1.14. The number of nitrogens with zero attached hydrogens (tertiary/aromatic N) is 3. The van der Waals surface area contributed by atoms with Gasteiger partial charge < -0.3 is 15.6 Å². The maximum absolute atomic E-state index is 5.40. The Labute approximate surface area is 82.4 Å². The number of nitrogen functional groups attached to an aromatic ring is 1. The maximum Gasteiger partial charge on any atom is 0.260 e. The van der Waals surface area contributed by atoms with E-state index >= 15 is 0 Å². The normalized spacial score (nSPS) is 20.9. The van der Waals surface area contributed by atoms with Crippen LogP contribution >= 0.6 is 0 Å². The van der Waals surface area contributed by atoms with Crippen LogP contribution in [0.1, 0.15) is 18.9 Å². The van der Waals surface area contributed by atoms with Crippen molar-refractivity contribution in [1.29, 1.82) is 0 Å². The predicted molar refractivity (Wildman–Crippen MR) is 51.6 cm³/mol. The summed E-state index contributed by atoms with van der Waals surface area (Å²) in [5.74, 6) is 0.811. The van der Waals surface area contributed by atoms with Crippen LogP contribution in [0.25, 0.3) is 0 Å². The first-order chi connectivity index (χ1) is 6.77. The minimum atomic E-state index is 0.155. The molecule has 1 aliphatic rings. The molecule has 0 saturated carbocycles. The predicted octanol–water partition coefficient (Wildman–Crippen LogP) is -0.382. The van der Waals surface area contributed by atoms with Crippen molar-refractivity contribution < 1.29 is 4.52 Å². The van der Waals surface area contributed by atoms with E-state index < -0.39 is 0 Å². The van der Waals surface area contributed by atoms with Gasteiger partial charge in [-0.15, -0.1) is 0 Å². The van der Waals surface area contributed by atoms with Crippen molar-refractivity contribution in [3.05, 3.63) is 5.89 Å². The topological polar surface area (TPSA) is 80.2 Å². The van der Waals surface area contributed by atoms with Gasteiger partial charge in [-0.25, -0.2) is 0 Å². The van der Waals surface area contributed by atoms with E-state index in [0.29, 0.717) is 5.89 Å². The lowest BCUT2D eigenvalue weighted by molar-refractivity contribution is 0.154. The van der Waals surface area contributed by atoms with E-state index in [1.54, 1.807) is 0 Å². The molecule has 1 saturated heterocycles. The van der Waals surface area contributed by atoms with Gasteiger partial charge in [0.2, 0.25) is 5.89 Å². The molecule has 6 nitrogen and oxygen atoms in total. The van der Waals surface area contributed by atoms with Crippen LogP contribution in [-0.4, -0.2) is 41.2 Å². The minimum absolute atomic E-state index is 0.155. The lowest BCUT2D eigenvalue weighted by Crippen LogP contribution is -2.44. The third kappa shape index (κ3) is 1.85. The summed E-state index contributed by atoms with van der Waals surface area (Å²) in [6.45, 7) is 6.08. The zero-order valence-corrected chi connectivity index (χ0v) is 8.23. The molecule has 6 heteroatoms. The van der Waals surface area contributed by atoms with Gasteiger partial charge in [-0.1, -0.05) is 0 Å². The standard InChI is InChI=1S/C8H15N5O/c1-6(7-11-8(9)12-14-7)13-4-2-10-3-5-13/h6,10H,2-5H2,1H3,(H2,9,12). The third-order valence-electron chi connectivity index (χ3n) is 2.51. The number of nitrogens with two attached hydrogens (primary N) is 1. The second kappa shape index (κ2) is 3.93. The van der Waals surface area contributed by atoms with Gasteiger partial charge in [0, 0.05) is 26.2 Å². The summed E-state index contributed by atoms with van der Waals surface area (Å²) in [7, 11) is 0. The lowest BCUT2D eigenvalue weighted by atomic mass is 10.2. The molecule has 2 heterocycles. The van der Waals surface area contributed by atoms with Crippen molar-refractivity contribution in [2.75, 3.05) is 31.9 Å². The van der Waals surface area contributed by atoms with Crippen LogP contribution in [0.15, 0.2) is 4.52 Å². The van der Waals surface area contributed by atoms with Crippen molar-refractivity contribution in [1.82, 2.24) is 20.4 Å². The molecule has 0 aromatic carbocycles. The van der Waals surface area contributed by atoms with Crippen molar-refractivity contribution in [2.45, 2.75) is 13.0 Å². The second-order valence-electron chi connectivity index (χ2n) is 3.45. The summed E-state index contributed by atoms with van der Waals surface area (Å²) in [6, 6.07) is 0.155. The fraction of sp³-hybridized carbons (Fsp3) is 0.750. The smallest absolute Gasteiger partial charge is 0.260 e. The summed E-state index contributed by atoms with van der Waals surface area (Å²) in [5.41, 5.74) is 5.40. The summed E-state index contributed by atoms with van der Waals surface area (Å²) < 4.78 is 5.03. The molecule has 78 valence electrons. The summed E-state index contributed by atoms with van der Waals surface area (Å²) >= 11 is 0. The van der Waals surface area contributed by atoms with Crippen LogP contribution in [0.5, 0.6) is 0 Å². The molecule has 1 aliphatic heterocycles. The summed E-state index contributed by atoms with van der Waals surface area (Å²) in [6.07, 6.45) is 0. The summed E-state index contributed by atoms with van der Waals surface area (Å²) in [4.78, 5) is 6.32. The van der Waals surface area contributed by atoms with Crippen molar-refractivity contribution in [3.63, 3.8) is 0 Å². The fourth-order valence-electron chi connectivity index (χ4n) is 1.64. The van der Waals surface area contributed by atoms with Crippen molar-refractivity contribution in [2.24, 2.45) is 0 Å². The first-order valence-corrected chi connectivity index (χ1v) is 4.81. The van der Waals surface area contributed by atoms with Crippen LogP contribution < -0.4 is 11.1 Å². The van der Waals surface area contributed by atoms with Gasteiger partial charge in [-0.05, 0) is 12.1 Å². The molecule has 1 aromatic rings. The quantitative estimate of drug-likeness (QED) is 0.672. The van der Waals surface area contributed by atoms with Crippen LogP contribution in [0.4, 0.5) is 5.95 Å². The highest BCUT2D eigenvalue weighted by Crippen LogP contribution is 2.18. The molecule has 3 N–H and O–H groups in total. The maximum atomic E-state index is 5.40. The molecule has 1 fully saturated rings. The van der Waals surface area contributed by atoms with Gasteiger partial charge in [0.15, 0.2) is 0 Å². The van der Waals surface area contributed by atoms with Crippen molar-refractivity contribution in [3.8, 4) is 0 Å². The molecule has 1 atom stereocenters. The molecule has 0 amide bonds. The Balaban J connectivity index is 2.03. The van der Waals surface area contributed by atoms with Gasteiger partial charge in [0.05, 0.1) is 6.04 Å². The number of piperazine rings is 1. The van der Waals surface area contributed by atoms with E-state index in [0.717, 1.165) is 26.2 Å². The average molecular weight is 197 g/mol. The van der Waals surface area contributed by atoms with E-state index in [1.807, 2.05) is 0 Å². The molecular formula is C8H15N5O. The molecule has 0 bridgehead atoms. The number of aromatic nitrogens is 2. The first kappa shape index (κ1) is 9.42. The zero-order chi connectivity index (χ0) is 9.97. The molecule has 2 rings (SSSR count). The van der Waals surface area contributed by atoms with Gasteiger partial charge in [0.25, 0.3) is 5.95 Å². The van der Waals surface area contributed by atoms with Crippen LogP contribution in [0.2, 0.25) is 0 Å². The SMILES string of the molecule is CC(c1nc(N)no1)N1CCNCC1. The molecule has 14 heavy (non-hydrogen) atoms. The molecule has 0 aliphatic carbocycles. The van der Waals surface area contributed by atoms with E-state index in [9.17, 15) is 0 Å². The lowest BCUT2D eigenvalue weighted by Gasteiger charge is -2.30. The Morgan fingerprint density at radius 3 is 2.79 bits per heavy atom. The number of anilines is 1. The van der Waals surface area contributed by atoms with Crippen LogP contribution in [0.3, 0.4) is 0 Å². The Morgan fingerprint density at radius 2 is 2.21 bits per heavy atom. The van der Waals surface area contributed by atoms with E-state index in [1.165, 1.54) is 0 Å². The molecule has 0 spiro atoms. The van der Waals surface area contributed by atoms with Gasteiger partial charge >= 0.3 is 0 Å². The molecule has 0 radical (unpaired) electrons. The minimum Gasteiger partial charge on any atom is -0.365 e. The van der Waals surface area contributed by atoms with E-state index in [-0.39, 0.29) is 12.0 Å². The first-order valence-electron chi connectivity index (χ1n) is 4.81. The van der Waals surface area contributed by atoms with Gasteiger partial charge in [0.1, 0.15) is 0 Å². The highest BCUT2D eigenvalue weighted by Gasteiger charge is 2.22.